The molecule has 0 unspecified atom stereocenters. The summed E-state index contributed by atoms with van der Waals surface area (Å²) in [6.45, 7) is 3.88. The summed E-state index contributed by atoms with van der Waals surface area (Å²) in [5.41, 5.74) is 3.12. The first-order valence-electron chi connectivity index (χ1n) is 10.1. The molecular weight excluding hydrogens is 444 g/mol. The fourth-order valence-electron chi connectivity index (χ4n) is 2.93. The van der Waals surface area contributed by atoms with Crippen LogP contribution >= 0.6 is 11.8 Å². The number of aliphatic imine (C=N–C) groups is 2. The van der Waals surface area contributed by atoms with E-state index in [1.54, 1.807) is 43.5 Å². The van der Waals surface area contributed by atoms with Gasteiger partial charge in [-0.2, -0.15) is 9.98 Å². The van der Waals surface area contributed by atoms with Crippen molar-refractivity contribution < 1.29 is 23.9 Å². The number of aliphatic hydroxyl groups is 1. The summed E-state index contributed by atoms with van der Waals surface area (Å²) < 4.78 is 15.4. The normalized spacial score (nSPS) is 12.0. The number of ether oxygens (including phenoxy) is 2. The second-order valence-corrected chi connectivity index (χ2v) is 7.49. The number of methoxy groups -OCH3 is 1. The average molecular weight is 469 g/mol. The Morgan fingerprint density at radius 1 is 1.21 bits per heavy atom. The Hall–Kier alpha value is -3.50. The Balaban J connectivity index is 2.11. The molecule has 0 bridgehead atoms. The lowest BCUT2D eigenvalue weighted by atomic mass is 10.1. The van der Waals surface area contributed by atoms with Gasteiger partial charge in [0.1, 0.15) is 16.5 Å². The number of benzene rings is 2. The van der Waals surface area contributed by atoms with Crippen molar-refractivity contribution in [3.8, 4) is 17.1 Å². The number of aromatic nitrogens is 2. The van der Waals surface area contributed by atoms with Crippen LogP contribution < -0.4 is 4.74 Å². The molecule has 1 aromatic heterocycles. The minimum absolute atomic E-state index is 0.178. The van der Waals surface area contributed by atoms with Crippen LogP contribution in [0.4, 0.5) is 10.5 Å². The van der Waals surface area contributed by atoms with E-state index in [0.29, 0.717) is 51.6 Å². The van der Waals surface area contributed by atoms with Crippen molar-refractivity contribution in [2.24, 2.45) is 9.98 Å². The smallest absolute Gasteiger partial charge is 0.434 e. The molecule has 1 heterocycles. The molecule has 3 rings (SSSR count). The summed E-state index contributed by atoms with van der Waals surface area (Å²) in [6, 6.07) is 12.6. The molecule has 0 saturated heterocycles. The summed E-state index contributed by atoms with van der Waals surface area (Å²) in [5, 5.41) is 14.0. The lowest BCUT2D eigenvalue weighted by Crippen LogP contribution is -2.15. The molecule has 33 heavy (non-hydrogen) atoms. The van der Waals surface area contributed by atoms with Gasteiger partial charge in [0.2, 0.25) is 11.7 Å². The largest absolute Gasteiger partial charge is 0.494 e. The van der Waals surface area contributed by atoms with E-state index in [1.807, 2.05) is 19.1 Å². The Labute approximate surface area is 195 Å². The first kappa shape index (κ1) is 24.1. The maximum atomic E-state index is 11.9. The van der Waals surface area contributed by atoms with Gasteiger partial charge in [-0.25, -0.2) is 9.79 Å². The minimum Gasteiger partial charge on any atom is -0.494 e. The second kappa shape index (κ2) is 11.4. The number of hydrogen-bond donors (Lipinski definition) is 1. The molecule has 0 aliphatic heterocycles. The highest BCUT2D eigenvalue weighted by Gasteiger charge is 2.17. The molecule has 0 aliphatic rings. The van der Waals surface area contributed by atoms with Gasteiger partial charge in [0.25, 0.3) is 0 Å². The van der Waals surface area contributed by atoms with Gasteiger partial charge in [0.15, 0.2) is 0 Å². The molecule has 0 atom stereocenters. The lowest BCUT2D eigenvalue weighted by Gasteiger charge is -2.12. The van der Waals surface area contributed by atoms with Crippen LogP contribution in [0.25, 0.3) is 11.4 Å². The van der Waals surface area contributed by atoms with Crippen LogP contribution in [0.2, 0.25) is 0 Å². The zero-order valence-corrected chi connectivity index (χ0v) is 19.5. The summed E-state index contributed by atoms with van der Waals surface area (Å²) in [6.07, 6.45) is 1.05. The van der Waals surface area contributed by atoms with E-state index in [0.717, 1.165) is 5.56 Å². The van der Waals surface area contributed by atoms with Crippen molar-refractivity contribution in [3.05, 3.63) is 59.5 Å². The van der Waals surface area contributed by atoms with Gasteiger partial charge >= 0.3 is 6.09 Å². The predicted octanol–water partition coefficient (Wildman–Crippen LogP) is 4.58. The molecular formula is C23H24N4O5S. The monoisotopic (exact) mass is 468 g/mol. The molecule has 0 fully saturated rings. The summed E-state index contributed by atoms with van der Waals surface area (Å²) >= 11 is 1.25. The first-order chi connectivity index (χ1) is 16.0. The summed E-state index contributed by atoms with van der Waals surface area (Å²) in [4.78, 5) is 24.9. The zero-order valence-electron chi connectivity index (χ0n) is 18.7. The number of carbonyl (C=O) groups excluding carboxylic acids is 1. The number of nitrogens with zero attached hydrogens (tertiary/aromatic N) is 4. The molecule has 2 aromatic carbocycles. The van der Waals surface area contributed by atoms with E-state index in [-0.39, 0.29) is 6.61 Å². The van der Waals surface area contributed by atoms with Gasteiger partial charge in [-0.3, -0.25) is 0 Å². The maximum Gasteiger partial charge on any atom is 0.434 e. The van der Waals surface area contributed by atoms with Crippen molar-refractivity contribution in [3.63, 3.8) is 0 Å². The number of carbonyl (C=O) groups is 1. The molecule has 0 saturated carbocycles. The van der Waals surface area contributed by atoms with E-state index in [4.69, 9.17) is 19.0 Å². The van der Waals surface area contributed by atoms with Gasteiger partial charge < -0.3 is 19.1 Å². The lowest BCUT2D eigenvalue weighted by molar-refractivity contribution is 0.183. The van der Waals surface area contributed by atoms with Crippen LogP contribution in [0.5, 0.6) is 5.75 Å². The Kier molecular flexibility index (Phi) is 8.34. The van der Waals surface area contributed by atoms with Crippen LogP contribution in [0.15, 0.2) is 57.0 Å². The maximum absolute atomic E-state index is 11.9. The van der Waals surface area contributed by atoms with Crippen molar-refractivity contribution in [2.75, 3.05) is 20.0 Å². The molecule has 1 N–H and O–H groups in total. The van der Waals surface area contributed by atoms with Gasteiger partial charge in [-0.15, -0.1) is 11.8 Å². The third-order valence-corrected chi connectivity index (χ3v) is 5.06. The van der Waals surface area contributed by atoms with Crippen molar-refractivity contribution in [2.45, 2.75) is 20.5 Å². The fourth-order valence-corrected chi connectivity index (χ4v) is 3.45. The molecule has 0 aliphatic carbocycles. The number of aryl methyl sites for hydroxylation is 1. The molecule has 0 radical (unpaired) electrons. The standard InChI is InChI=1S/C23H24N4O5S/c1-5-31-19-11-15(13-28)10-17(12-19)20(22(33-4)26-23(29)30-3)25-18-8-6-16(7-9-18)21-24-14(2)32-27-21/h6-12,28H,5,13H2,1-4H3/b25-20+,26-22-. The predicted molar refractivity (Wildman–Crippen MR) is 128 cm³/mol. The number of aliphatic hydroxyl groups excluding tert-OH is 1. The third kappa shape index (κ3) is 6.27. The highest BCUT2D eigenvalue weighted by atomic mass is 32.2. The fraction of sp³-hybridized carbons (Fsp3) is 0.261. The molecule has 1 amide bonds. The van der Waals surface area contributed by atoms with Crippen LogP contribution in [0, 0.1) is 6.92 Å². The van der Waals surface area contributed by atoms with E-state index >= 15 is 0 Å². The van der Waals surface area contributed by atoms with Crippen LogP contribution in [-0.2, 0) is 11.3 Å². The van der Waals surface area contributed by atoms with Crippen molar-refractivity contribution in [1.29, 1.82) is 0 Å². The van der Waals surface area contributed by atoms with Gasteiger partial charge in [-0.05, 0) is 61.2 Å². The molecule has 172 valence electrons. The highest BCUT2D eigenvalue weighted by molar-refractivity contribution is 8.15. The second-order valence-electron chi connectivity index (χ2n) is 6.69. The number of hydrogen-bond acceptors (Lipinski definition) is 9. The van der Waals surface area contributed by atoms with Crippen LogP contribution in [0.3, 0.4) is 0 Å². The molecule has 10 heteroatoms. The summed E-state index contributed by atoms with van der Waals surface area (Å²) in [7, 11) is 1.26. The quantitative estimate of drug-likeness (QED) is 0.395. The van der Waals surface area contributed by atoms with E-state index in [2.05, 4.69) is 15.1 Å². The van der Waals surface area contributed by atoms with Gasteiger partial charge in [0, 0.05) is 18.1 Å². The molecule has 0 spiro atoms. The first-order valence-corrected chi connectivity index (χ1v) is 11.3. The number of rotatable bonds is 7. The third-order valence-electron chi connectivity index (χ3n) is 4.39. The number of thioether (sulfide) groups is 1. The highest BCUT2D eigenvalue weighted by Crippen LogP contribution is 2.25. The van der Waals surface area contributed by atoms with E-state index in [1.165, 1.54) is 18.9 Å². The zero-order chi connectivity index (χ0) is 23.8. The van der Waals surface area contributed by atoms with Gasteiger partial charge in [-0.1, -0.05) is 5.16 Å². The molecule has 3 aromatic rings. The van der Waals surface area contributed by atoms with Gasteiger partial charge in [0.05, 0.1) is 26.0 Å². The summed E-state index contributed by atoms with van der Waals surface area (Å²) in [5.74, 6) is 1.54. The Morgan fingerprint density at radius 2 is 1.97 bits per heavy atom. The van der Waals surface area contributed by atoms with Crippen molar-refractivity contribution >= 4 is 34.3 Å². The number of amides is 1. The van der Waals surface area contributed by atoms with Crippen molar-refractivity contribution in [1.82, 2.24) is 10.1 Å². The van der Waals surface area contributed by atoms with E-state index in [9.17, 15) is 9.90 Å². The van der Waals surface area contributed by atoms with Crippen LogP contribution in [0.1, 0.15) is 23.9 Å². The average Bonchev–Trinajstić information content (AvgIpc) is 3.27. The Bertz CT molecular complexity index is 1170. The minimum atomic E-state index is -0.738. The molecule has 9 nitrogen and oxygen atoms in total. The SMILES string of the molecule is CCOc1cc(CO)cc(C(=N\c2ccc(-c3noc(C)n3)cc2)/C(=N/C(=O)OC)SC)c1. The topological polar surface area (TPSA) is 119 Å². The van der Waals surface area contributed by atoms with E-state index < -0.39 is 6.09 Å². The Morgan fingerprint density at radius 3 is 2.55 bits per heavy atom. The van der Waals surface area contributed by atoms with Crippen LogP contribution in [-0.4, -0.2) is 52.1 Å².